The minimum atomic E-state index is -0.110. The highest BCUT2D eigenvalue weighted by Crippen LogP contribution is 2.22. The van der Waals surface area contributed by atoms with Crippen LogP contribution in [0.4, 0.5) is 0 Å². The molecule has 1 amide bonds. The van der Waals surface area contributed by atoms with Crippen LogP contribution in [0.2, 0.25) is 10.0 Å². The minimum absolute atomic E-state index is 0.0614. The summed E-state index contributed by atoms with van der Waals surface area (Å²) >= 11 is 12.0. The Bertz CT molecular complexity index is 743. The van der Waals surface area contributed by atoms with E-state index < -0.39 is 0 Å². The lowest BCUT2D eigenvalue weighted by Gasteiger charge is -2.15. The zero-order valence-electron chi connectivity index (χ0n) is 12.8. The number of aromatic nitrogens is 1. The van der Waals surface area contributed by atoms with Crippen molar-refractivity contribution < 1.29 is 4.79 Å². The third kappa shape index (κ3) is 5.41. The molecule has 2 aromatic rings. The number of benzene rings is 1. The molecule has 6 heteroatoms. The summed E-state index contributed by atoms with van der Waals surface area (Å²) in [5.41, 5.74) is 0.824. The van der Waals surface area contributed by atoms with Crippen molar-refractivity contribution in [3.8, 4) is 0 Å². The van der Waals surface area contributed by atoms with Crippen molar-refractivity contribution in [1.29, 1.82) is 0 Å². The molecular weight excluding hydrogens is 335 g/mol. The predicted molar refractivity (Wildman–Crippen MR) is 93.1 cm³/mol. The lowest BCUT2D eigenvalue weighted by Crippen LogP contribution is -2.35. The molecule has 1 aromatic heterocycles. The van der Waals surface area contributed by atoms with E-state index in [1.165, 1.54) is 10.6 Å². The molecule has 0 unspecified atom stereocenters. The van der Waals surface area contributed by atoms with Crippen LogP contribution in [-0.2, 0) is 17.8 Å². The predicted octanol–water partition coefficient (Wildman–Crippen LogP) is 3.29. The summed E-state index contributed by atoms with van der Waals surface area (Å²) in [6.07, 6.45) is 2.54. The highest BCUT2D eigenvalue weighted by molar-refractivity contribution is 6.35. The van der Waals surface area contributed by atoms with Crippen molar-refractivity contribution in [2.24, 2.45) is 0 Å². The van der Waals surface area contributed by atoms with Crippen LogP contribution in [0, 0.1) is 0 Å². The van der Waals surface area contributed by atoms with E-state index in [-0.39, 0.29) is 23.9 Å². The highest BCUT2D eigenvalue weighted by Gasteiger charge is 2.11. The van der Waals surface area contributed by atoms with E-state index in [9.17, 15) is 9.59 Å². The third-order valence-corrected chi connectivity index (χ3v) is 4.01. The van der Waals surface area contributed by atoms with Gasteiger partial charge in [-0.3, -0.25) is 9.59 Å². The lowest BCUT2D eigenvalue weighted by atomic mass is 10.1. The molecule has 1 aromatic carbocycles. The normalized spacial score (nSPS) is 12.0. The number of aryl methyl sites for hydroxylation is 1. The highest BCUT2D eigenvalue weighted by atomic mass is 35.5. The largest absolute Gasteiger partial charge is 0.353 e. The zero-order chi connectivity index (χ0) is 16.8. The maximum atomic E-state index is 12.0. The second kappa shape index (κ2) is 8.18. The van der Waals surface area contributed by atoms with E-state index in [0.717, 1.165) is 5.56 Å². The first-order valence-electron chi connectivity index (χ1n) is 7.34. The number of halogens is 2. The molecule has 0 spiro atoms. The van der Waals surface area contributed by atoms with Gasteiger partial charge in [0.15, 0.2) is 0 Å². The smallest absolute Gasteiger partial charge is 0.250 e. The van der Waals surface area contributed by atoms with Crippen molar-refractivity contribution in [3.05, 3.63) is 68.6 Å². The van der Waals surface area contributed by atoms with Crippen molar-refractivity contribution in [2.45, 2.75) is 32.4 Å². The van der Waals surface area contributed by atoms with Gasteiger partial charge in [0.25, 0.3) is 5.56 Å². The third-order valence-electron chi connectivity index (χ3n) is 3.43. The van der Waals surface area contributed by atoms with Crippen LogP contribution in [0.3, 0.4) is 0 Å². The molecule has 122 valence electrons. The standard InChI is InChI=1S/C17H18Cl2N2O2/c1-12(10-13-5-6-14(18)11-15(13)19)20-16(22)7-9-21-8-3-2-4-17(21)23/h2-6,8,11-12H,7,9-10H2,1H3,(H,20,22)/t12-/m0/s1. The van der Waals surface area contributed by atoms with Gasteiger partial charge in [0, 0.05) is 41.3 Å². The molecule has 0 aliphatic heterocycles. The monoisotopic (exact) mass is 352 g/mol. The van der Waals surface area contributed by atoms with Crippen LogP contribution in [0.25, 0.3) is 0 Å². The number of carbonyl (C=O) groups excluding carboxylic acids is 1. The average molecular weight is 353 g/mol. The molecule has 1 N–H and O–H groups in total. The van der Waals surface area contributed by atoms with Crippen LogP contribution < -0.4 is 10.9 Å². The SMILES string of the molecule is C[C@@H](Cc1ccc(Cl)cc1Cl)NC(=O)CCn1ccccc1=O. The van der Waals surface area contributed by atoms with E-state index in [0.29, 0.717) is 23.0 Å². The summed E-state index contributed by atoms with van der Waals surface area (Å²) in [7, 11) is 0. The molecule has 0 saturated heterocycles. The van der Waals surface area contributed by atoms with Gasteiger partial charge in [-0.15, -0.1) is 0 Å². The van der Waals surface area contributed by atoms with Gasteiger partial charge >= 0.3 is 0 Å². The Balaban J connectivity index is 1.85. The van der Waals surface area contributed by atoms with E-state index in [1.807, 2.05) is 13.0 Å². The van der Waals surface area contributed by atoms with Gasteiger partial charge in [0.2, 0.25) is 5.91 Å². The quantitative estimate of drug-likeness (QED) is 0.866. The fraction of sp³-hybridized carbons (Fsp3) is 0.294. The maximum Gasteiger partial charge on any atom is 0.250 e. The van der Waals surface area contributed by atoms with Gasteiger partial charge in [0.05, 0.1) is 0 Å². The van der Waals surface area contributed by atoms with Crippen molar-refractivity contribution >= 4 is 29.1 Å². The molecule has 0 radical (unpaired) electrons. The lowest BCUT2D eigenvalue weighted by molar-refractivity contribution is -0.121. The Labute approximate surface area is 145 Å². The fourth-order valence-corrected chi connectivity index (χ4v) is 2.77. The van der Waals surface area contributed by atoms with Gasteiger partial charge in [-0.1, -0.05) is 35.3 Å². The van der Waals surface area contributed by atoms with Gasteiger partial charge < -0.3 is 9.88 Å². The van der Waals surface area contributed by atoms with E-state index >= 15 is 0 Å². The Kier molecular flexibility index (Phi) is 6.25. The van der Waals surface area contributed by atoms with Crippen molar-refractivity contribution in [1.82, 2.24) is 9.88 Å². The number of amides is 1. The summed E-state index contributed by atoms with van der Waals surface area (Å²) in [6, 6.07) is 10.2. The Morgan fingerprint density at radius 1 is 1.26 bits per heavy atom. The Morgan fingerprint density at radius 2 is 2.04 bits per heavy atom. The van der Waals surface area contributed by atoms with Crippen molar-refractivity contribution in [3.63, 3.8) is 0 Å². The topological polar surface area (TPSA) is 51.1 Å². The summed E-state index contributed by atoms with van der Waals surface area (Å²) in [5, 5.41) is 4.09. The molecule has 0 bridgehead atoms. The second-order valence-corrected chi connectivity index (χ2v) is 6.23. The number of nitrogens with one attached hydrogen (secondary N) is 1. The van der Waals surface area contributed by atoms with Gasteiger partial charge in [-0.05, 0) is 37.1 Å². The number of hydrogen-bond acceptors (Lipinski definition) is 2. The first-order valence-corrected chi connectivity index (χ1v) is 8.10. The molecular formula is C17H18Cl2N2O2. The van der Waals surface area contributed by atoms with Gasteiger partial charge in [0.1, 0.15) is 0 Å². The number of pyridine rings is 1. The van der Waals surface area contributed by atoms with E-state index in [2.05, 4.69) is 5.32 Å². The second-order valence-electron chi connectivity index (χ2n) is 5.39. The summed E-state index contributed by atoms with van der Waals surface area (Å²) < 4.78 is 1.51. The van der Waals surface area contributed by atoms with Crippen LogP contribution >= 0.6 is 23.2 Å². The number of hydrogen-bond donors (Lipinski definition) is 1. The summed E-state index contributed by atoms with van der Waals surface area (Å²) in [4.78, 5) is 23.6. The molecule has 0 fully saturated rings. The first kappa shape index (κ1) is 17.6. The first-order chi connectivity index (χ1) is 11.0. The molecule has 4 nitrogen and oxygen atoms in total. The minimum Gasteiger partial charge on any atom is -0.353 e. The van der Waals surface area contributed by atoms with Gasteiger partial charge in [-0.25, -0.2) is 0 Å². The van der Waals surface area contributed by atoms with Crippen LogP contribution in [-0.4, -0.2) is 16.5 Å². The summed E-state index contributed by atoms with van der Waals surface area (Å²) in [6.45, 7) is 2.28. The van der Waals surface area contributed by atoms with E-state index in [1.54, 1.807) is 30.5 Å². The van der Waals surface area contributed by atoms with E-state index in [4.69, 9.17) is 23.2 Å². The average Bonchev–Trinajstić information content (AvgIpc) is 2.49. The molecule has 0 aliphatic rings. The molecule has 0 saturated carbocycles. The molecule has 23 heavy (non-hydrogen) atoms. The molecule has 2 rings (SSSR count). The summed E-state index contributed by atoms with van der Waals surface area (Å²) in [5.74, 6) is -0.0988. The number of carbonyl (C=O) groups is 1. The molecule has 1 heterocycles. The Morgan fingerprint density at radius 3 is 2.74 bits per heavy atom. The zero-order valence-corrected chi connectivity index (χ0v) is 14.3. The maximum absolute atomic E-state index is 12.0. The number of nitrogens with zero attached hydrogens (tertiary/aromatic N) is 1. The van der Waals surface area contributed by atoms with Gasteiger partial charge in [-0.2, -0.15) is 0 Å². The van der Waals surface area contributed by atoms with Crippen LogP contribution in [0.1, 0.15) is 18.9 Å². The fourth-order valence-electron chi connectivity index (χ4n) is 2.28. The Hall–Kier alpha value is -1.78. The van der Waals surface area contributed by atoms with Crippen LogP contribution in [0.5, 0.6) is 0 Å². The molecule has 0 aliphatic carbocycles. The van der Waals surface area contributed by atoms with Crippen LogP contribution in [0.15, 0.2) is 47.4 Å². The van der Waals surface area contributed by atoms with Crippen molar-refractivity contribution in [2.75, 3.05) is 0 Å². The number of rotatable bonds is 6. The molecule has 1 atom stereocenters.